The summed E-state index contributed by atoms with van der Waals surface area (Å²) in [6.07, 6.45) is 2.39. The lowest BCUT2D eigenvalue weighted by molar-refractivity contribution is -0.119. The maximum Gasteiger partial charge on any atom is 0.174 e. The predicted octanol–water partition coefficient (Wildman–Crippen LogP) is 6.99. The maximum absolute atomic E-state index is 13.6. The Kier molecular flexibility index (Phi) is 6.95. The third-order valence-corrected chi connectivity index (χ3v) is 8.40. The Hall–Kier alpha value is -2.68. The van der Waals surface area contributed by atoms with Gasteiger partial charge in [0.05, 0.1) is 10.7 Å². The van der Waals surface area contributed by atoms with Gasteiger partial charge in [0, 0.05) is 41.3 Å². The van der Waals surface area contributed by atoms with Gasteiger partial charge in [-0.25, -0.2) is 4.39 Å². The molecule has 2 aromatic carbocycles. The van der Waals surface area contributed by atoms with Crippen molar-refractivity contribution in [1.82, 2.24) is 5.32 Å². The minimum absolute atomic E-state index is 0.0866. The smallest absolute Gasteiger partial charge is 0.174 e. The first kappa shape index (κ1) is 26.9. The summed E-state index contributed by atoms with van der Waals surface area (Å²) in [6.45, 7) is 8.72. The molecule has 0 spiro atoms. The van der Waals surface area contributed by atoms with E-state index in [1.54, 1.807) is 19.2 Å². The Morgan fingerprint density at radius 2 is 1.47 bits per heavy atom. The minimum Gasteiger partial charge on any atom is -0.493 e. The van der Waals surface area contributed by atoms with E-state index < -0.39 is 5.92 Å². The predicted molar refractivity (Wildman–Crippen MR) is 152 cm³/mol. The molecule has 0 saturated carbocycles. The number of hydrogen-bond acceptors (Lipinski definition) is 5. The van der Waals surface area contributed by atoms with Gasteiger partial charge in [0.2, 0.25) is 0 Å². The van der Waals surface area contributed by atoms with E-state index >= 15 is 0 Å². The summed E-state index contributed by atoms with van der Waals surface area (Å²) in [4.78, 5) is 27.2. The van der Waals surface area contributed by atoms with Crippen molar-refractivity contribution in [3.63, 3.8) is 0 Å². The number of allylic oxidation sites excluding steroid dienone is 4. The van der Waals surface area contributed by atoms with Crippen LogP contribution in [0.1, 0.15) is 70.4 Å². The topological polar surface area (TPSA) is 64.6 Å². The van der Waals surface area contributed by atoms with Gasteiger partial charge in [0.25, 0.3) is 0 Å². The Labute approximate surface area is 237 Å². The van der Waals surface area contributed by atoms with Crippen molar-refractivity contribution in [3.05, 3.63) is 79.5 Å². The number of nitrogens with one attached hydrogen (secondary N) is 1. The first-order chi connectivity index (χ1) is 17.9. The number of ketones is 2. The molecule has 0 unspecified atom stereocenters. The quantitative estimate of drug-likeness (QED) is 0.362. The summed E-state index contributed by atoms with van der Waals surface area (Å²) in [7, 11) is 1.58. The molecular formula is C31H33FINO4. The highest BCUT2D eigenvalue weighted by Crippen LogP contribution is 2.52. The molecule has 5 nitrogen and oxygen atoms in total. The normalized spacial score (nSPS) is 20.6. The van der Waals surface area contributed by atoms with E-state index in [9.17, 15) is 14.0 Å². The molecule has 1 heterocycles. The van der Waals surface area contributed by atoms with Crippen molar-refractivity contribution in [3.8, 4) is 11.5 Å². The lowest BCUT2D eigenvalue weighted by Gasteiger charge is -2.44. The van der Waals surface area contributed by atoms with Gasteiger partial charge >= 0.3 is 0 Å². The van der Waals surface area contributed by atoms with Gasteiger partial charge in [-0.1, -0.05) is 39.8 Å². The van der Waals surface area contributed by atoms with E-state index in [-0.39, 0.29) is 34.8 Å². The van der Waals surface area contributed by atoms with E-state index in [1.165, 1.54) is 12.1 Å². The molecule has 1 N–H and O–H groups in total. The molecule has 7 heteroatoms. The average molecular weight is 630 g/mol. The number of ether oxygens (including phenoxy) is 2. The minimum atomic E-state index is -0.443. The summed E-state index contributed by atoms with van der Waals surface area (Å²) < 4.78 is 26.0. The lowest BCUT2D eigenvalue weighted by Crippen LogP contribution is -2.42. The molecule has 200 valence electrons. The van der Waals surface area contributed by atoms with Gasteiger partial charge in [-0.15, -0.1) is 0 Å². The Bertz CT molecular complexity index is 1340. The summed E-state index contributed by atoms with van der Waals surface area (Å²) in [5.74, 6) is 0.541. The molecule has 0 radical (unpaired) electrons. The van der Waals surface area contributed by atoms with Crippen LogP contribution in [0.25, 0.3) is 0 Å². The number of halogens is 2. The Morgan fingerprint density at radius 3 is 2.00 bits per heavy atom. The zero-order valence-electron chi connectivity index (χ0n) is 22.5. The monoisotopic (exact) mass is 629 g/mol. The van der Waals surface area contributed by atoms with Crippen LogP contribution in [0.2, 0.25) is 0 Å². The van der Waals surface area contributed by atoms with Gasteiger partial charge in [0.15, 0.2) is 23.1 Å². The van der Waals surface area contributed by atoms with E-state index in [1.807, 2.05) is 12.1 Å². The number of methoxy groups -OCH3 is 1. The average Bonchev–Trinajstić information content (AvgIpc) is 2.81. The maximum atomic E-state index is 13.6. The van der Waals surface area contributed by atoms with Crippen molar-refractivity contribution in [2.45, 2.75) is 65.9 Å². The highest BCUT2D eigenvalue weighted by molar-refractivity contribution is 14.1. The van der Waals surface area contributed by atoms with E-state index in [4.69, 9.17) is 9.47 Å². The number of dihydropyridines is 1. The van der Waals surface area contributed by atoms with E-state index in [2.05, 4.69) is 55.6 Å². The fraction of sp³-hybridized carbons (Fsp3) is 0.419. The Balaban J connectivity index is 1.59. The second-order valence-corrected chi connectivity index (χ2v) is 13.3. The van der Waals surface area contributed by atoms with Crippen LogP contribution in [-0.4, -0.2) is 18.7 Å². The molecule has 0 fully saturated rings. The number of carbonyl (C=O) groups is 2. The highest BCUT2D eigenvalue weighted by Gasteiger charge is 2.46. The highest BCUT2D eigenvalue weighted by atomic mass is 127. The van der Waals surface area contributed by atoms with Gasteiger partial charge in [-0.05, 0) is 81.7 Å². The first-order valence-corrected chi connectivity index (χ1v) is 14.0. The lowest BCUT2D eigenvalue weighted by atomic mass is 9.64. The molecule has 3 aliphatic rings. The summed E-state index contributed by atoms with van der Waals surface area (Å²) >= 11 is 2.21. The van der Waals surface area contributed by atoms with Crippen LogP contribution in [0, 0.1) is 20.2 Å². The van der Waals surface area contributed by atoms with Gasteiger partial charge < -0.3 is 14.8 Å². The number of benzene rings is 2. The van der Waals surface area contributed by atoms with Crippen molar-refractivity contribution in [2.24, 2.45) is 10.8 Å². The van der Waals surface area contributed by atoms with Crippen molar-refractivity contribution >= 4 is 34.2 Å². The SMILES string of the molecule is COc1cc(C2C3=C(CC(C)(C)CC3=O)NC3=C2C(=O)CC(C)(C)C3)cc(I)c1OCc1ccc(F)cc1. The molecule has 2 aromatic rings. The van der Waals surface area contributed by atoms with Crippen LogP contribution in [0.4, 0.5) is 4.39 Å². The van der Waals surface area contributed by atoms with Crippen LogP contribution in [0.5, 0.6) is 11.5 Å². The van der Waals surface area contributed by atoms with Crippen LogP contribution in [0.3, 0.4) is 0 Å². The van der Waals surface area contributed by atoms with Gasteiger partial charge in [-0.2, -0.15) is 0 Å². The van der Waals surface area contributed by atoms with Crippen LogP contribution in [0.15, 0.2) is 58.9 Å². The third kappa shape index (κ3) is 5.14. The summed E-state index contributed by atoms with van der Waals surface area (Å²) in [6, 6.07) is 10.1. The molecule has 0 aromatic heterocycles. The van der Waals surface area contributed by atoms with Crippen molar-refractivity contribution < 1.29 is 23.5 Å². The fourth-order valence-corrected chi connectivity index (χ4v) is 6.79. The van der Waals surface area contributed by atoms with E-state index in [0.717, 1.165) is 38.9 Å². The van der Waals surface area contributed by atoms with Gasteiger partial charge in [-0.3, -0.25) is 9.59 Å². The second kappa shape index (κ2) is 9.81. The third-order valence-electron chi connectivity index (χ3n) is 7.60. The number of Topliss-reactive ketones (excluding diaryl/α,β-unsaturated/α-hetero) is 2. The molecule has 1 aliphatic heterocycles. The fourth-order valence-electron chi connectivity index (χ4n) is 6.00. The zero-order chi connectivity index (χ0) is 27.4. The van der Waals surface area contributed by atoms with E-state index in [0.29, 0.717) is 35.5 Å². The molecule has 5 rings (SSSR count). The standard InChI is InChI=1S/C31H33FINO4/c1-30(2)12-21-27(23(35)14-30)26(28-22(34-21)13-31(3,4)15-24(28)36)18-10-20(33)29(25(11-18)37-5)38-16-17-6-8-19(32)9-7-17/h6-11,26,34H,12-16H2,1-5H3. The molecule has 0 bridgehead atoms. The summed E-state index contributed by atoms with van der Waals surface area (Å²) in [5, 5.41) is 3.56. The van der Waals surface area contributed by atoms with Gasteiger partial charge in [0.1, 0.15) is 12.4 Å². The summed E-state index contributed by atoms with van der Waals surface area (Å²) in [5.41, 5.74) is 4.67. The van der Waals surface area contributed by atoms with Crippen molar-refractivity contribution in [2.75, 3.05) is 7.11 Å². The van der Waals surface area contributed by atoms with Crippen LogP contribution >= 0.6 is 22.6 Å². The number of carbonyl (C=O) groups excluding carboxylic acids is 2. The van der Waals surface area contributed by atoms with Crippen molar-refractivity contribution in [1.29, 1.82) is 0 Å². The molecule has 0 atom stereocenters. The molecular weight excluding hydrogens is 596 g/mol. The zero-order valence-corrected chi connectivity index (χ0v) is 24.6. The first-order valence-electron chi connectivity index (χ1n) is 12.9. The molecule has 38 heavy (non-hydrogen) atoms. The molecule has 2 aliphatic carbocycles. The molecule has 0 amide bonds. The Morgan fingerprint density at radius 1 is 0.921 bits per heavy atom. The molecule has 0 saturated heterocycles. The van der Waals surface area contributed by atoms with Crippen LogP contribution < -0.4 is 14.8 Å². The van der Waals surface area contributed by atoms with Crippen LogP contribution in [-0.2, 0) is 16.2 Å². The second-order valence-electron chi connectivity index (χ2n) is 12.2. The largest absolute Gasteiger partial charge is 0.493 e. The number of hydrogen-bond donors (Lipinski definition) is 1. The number of rotatable bonds is 5.